The van der Waals surface area contributed by atoms with Gasteiger partial charge in [0.2, 0.25) is 0 Å². The van der Waals surface area contributed by atoms with Crippen LogP contribution in [0.4, 0.5) is 0 Å². The van der Waals surface area contributed by atoms with E-state index >= 15 is 0 Å². The number of carbonyl (C=O) groups is 1. The molecule has 2 rings (SSSR count). The van der Waals surface area contributed by atoms with Crippen molar-refractivity contribution in [2.24, 2.45) is 0 Å². The monoisotopic (exact) mass is 175 g/mol. The molecule has 0 aliphatic heterocycles. The Balaban J connectivity index is 2.67. The molecular weight excluding hydrogens is 166 g/mol. The topological polar surface area (TPSA) is 47.3 Å². The minimum atomic E-state index is -0.0340. The van der Waals surface area contributed by atoms with E-state index in [4.69, 9.17) is 0 Å². The number of aromatic nitrogens is 3. The number of fused-ring (bicyclic) bond motifs is 1. The highest BCUT2D eigenvalue weighted by Gasteiger charge is 2.03. The molecule has 0 N–H and O–H groups in total. The van der Waals surface area contributed by atoms with E-state index < -0.39 is 0 Å². The summed E-state index contributed by atoms with van der Waals surface area (Å²) < 4.78 is 1.80. The van der Waals surface area contributed by atoms with Crippen LogP contribution in [-0.4, -0.2) is 20.2 Å². The highest BCUT2D eigenvalue weighted by atomic mass is 16.1. The van der Waals surface area contributed by atoms with Crippen LogP contribution in [0.1, 0.15) is 23.1 Å². The van der Waals surface area contributed by atoms with E-state index in [1.165, 1.54) is 6.92 Å². The number of imidazole rings is 1. The van der Waals surface area contributed by atoms with Gasteiger partial charge in [-0.1, -0.05) is 0 Å². The molecule has 0 saturated carbocycles. The molecule has 0 saturated heterocycles. The van der Waals surface area contributed by atoms with Crippen LogP contribution in [0.15, 0.2) is 18.6 Å². The molecule has 66 valence electrons. The first-order valence-corrected chi connectivity index (χ1v) is 3.99. The van der Waals surface area contributed by atoms with E-state index in [2.05, 4.69) is 9.97 Å². The van der Waals surface area contributed by atoms with Crippen molar-refractivity contribution in [3.05, 3.63) is 30.0 Å². The van der Waals surface area contributed by atoms with Crippen molar-refractivity contribution in [3.8, 4) is 0 Å². The molecule has 0 spiro atoms. The van der Waals surface area contributed by atoms with Gasteiger partial charge in [0, 0.05) is 19.3 Å². The number of Topliss-reactive ketones (excluding diaryl/α,β-unsaturated/α-hetero) is 1. The molecule has 2 heterocycles. The predicted octanol–water partition coefficient (Wildman–Crippen LogP) is 1.24. The van der Waals surface area contributed by atoms with E-state index in [1.807, 2.05) is 13.1 Å². The number of nitrogens with zero attached hydrogens (tertiary/aromatic N) is 3. The highest BCUT2D eigenvalue weighted by Crippen LogP contribution is 2.04. The van der Waals surface area contributed by atoms with Crippen molar-refractivity contribution in [3.63, 3.8) is 0 Å². The molecule has 13 heavy (non-hydrogen) atoms. The van der Waals surface area contributed by atoms with E-state index in [0.29, 0.717) is 5.69 Å². The number of rotatable bonds is 1. The van der Waals surface area contributed by atoms with Gasteiger partial charge in [0.15, 0.2) is 11.4 Å². The zero-order chi connectivity index (χ0) is 9.42. The van der Waals surface area contributed by atoms with Gasteiger partial charge in [-0.2, -0.15) is 0 Å². The Kier molecular flexibility index (Phi) is 1.62. The molecule has 0 unspecified atom stereocenters. The summed E-state index contributed by atoms with van der Waals surface area (Å²) in [5.41, 5.74) is 2.15. The van der Waals surface area contributed by atoms with Gasteiger partial charge in [-0.05, 0) is 6.92 Å². The fourth-order valence-corrected chi connectivity index (χ4v) is 1.21. The maximum absolute atomic E-state index is 11.0. The van der Waals surface area contributed by atoms with E-state index in [-0.39, 0.29) is 5.78 Å². The second-order valence-corrected chi connectivity index (χ2v) is 2.98. The summed E-state index contributed by atoms with van der Waals surface area (Å²) in [6.45, 7) is 3.40. The highest BCUT2D eigenvalue weighted by molar-refractivity contribution is 5.91. The third kappa shape index (κ3) is 1.30. The Morgan fingerprint density at radius 1 is 1.46 bits per heavy atom. The van der Waals surface area contributed by atoms with Crippen molar-refractivity contribution in [1.82, 2.24) is 14.4 Å². The maximum atomic E-state index is 11.0. The van der Waals surface area contributed by atoms with Crippen molar-refractivity contribution < 1.29 is 4.79 Å². The summed E-state index contributed by atoms with van der Waals surface area (Å²) in [6.07, 6.45) is 5.16. The molecule has 4 nitrogen and oxygen atoms in total. The van der Waals surface area contributed by atoms with Crippen molar-refractivity contribution in [1.29, 1.82) is 0 Å². The van der Waals surface area contributed by atoms with Gasteiger partial charge in [0.25, 0.3) is 0 Å². The predicted molar refractivity (Wildman–Crippen MR) is 47.7 cm³/mol. The third-order valence-electron chi connectivity index (χ3n) is 1.82. The molecule has 4 heteroatoms. The summed E-state index contributed by atoms with van der Waals surface area (Å²) in [6, 6.07) is 0. The second-order valence-electron chi connectivity index (χ2n) is 2.98. The van der Waals surface area contributed by atoms with Crippen LogP contribution in [0.5, 0.6) is 0 Å². The Hall–Kier alpha value is -1.71. The summed E-state index contributed by atoms with van der Waals surface area (Å²) in [5.74, 6) is -0.0340. The fourth-order valence-electron chi connectivity index (χ4n) is 1.21. The lowest BCUT2D eigenvalue weighted by Gasteiger charge is -1.95. The number of ketones is 1. The fraction of sp³-hybridized carbons (Fsp3) is 0.222. The van der Waals surface area contributed by atoms with Gasteiger partial charge >= 0.3 is 0 Å². The minimum Gasteiger partial charge on any atom is -0.303 e. The lowest BCUT2D eigenvalue weighted by atomic mass is 10.3. The summed E-state index contributed by atoms with van der Waals surface area (Å²) in [5, 5.41) is 0. The number of carbonyl (C=O) groups excluding carboxylic acids is 1. The maximum Gasteiger partial charge on any atom is 0.179 e. The van der Waals surface area contributed by atoms with E-state index in [1.54, 1.807) is 16.8 Å². The molecule has 0 atom stereocenters. The molecule has 2 aromatic heterocycles. The van der Waals surface area contributed by atoms with Gasteiger partial charge in [-0.15, -0.1) is 0 Å². The number of hydrogen-bond acceptors (Lipinski definition) is 3. The van der Waals surface area contributed by atoms with Gasteiger partial charge < -0.3 is 4.40 Å². The van der Waals surface area contributed by atoms with Crippen LogP contribution in [0.2, 0.25) is 0 Å². The lowest BCUT2D eigenvalue weighted by Crippen LogP contribution is -1.98. The first-order chi connectivity index (χ1) is 6.16. The zero-order valence-electron chi connectivity index (χ0n) is 7.48. The normalized spacial score (nSPS) is 10.6. The average Bonchev–Trinajstić information content (AvgIpc) is 2.42. The van der Waals surface area contributed by atoms with Gasteiger partial charge in [0.1, 0.15) is 5.69 Å². The minimum absolute atomic E-state index is 0.0340. The van der Waals surface area contributed by atoms with Crippen molar-refractivity contribution in [2.45, 2.75) is 13.8 Å². The second kappa shape index (κ2) is 2.65. The molecular formula is C9H9N3O. The summed E-state index contributed by atoms with van der Waals surface area (Å²) in [4.78, 5) is 19.2. The molecule has 0 bridgehead atoms. The van der Waals surface area contributed by atoms with Crippen LogP contribution in [0, 0.1) is 6.92 Å². The molecule has 0 radical (unpaired) electrons. The van der Waals surface area contributed by atoms with Gasteiger partial charge in [-0.3, -0.25) is 4.79 Å². The summed E-state index contributed by atoms with van der Waals surface area (Å²) >= 11 is 0. The smallest absolute Gasteiger partial charge is 0.179 e. The Bertz CT molecular complexity index is 473. The van der Waals surface area contributed by atoms with Crippen LogP contribution in [0.25, 0.3) is 5.65 Å². The first-order valence-electron chi connectivity index (χ1n) is 3.99. The largest absolute Gasteiger partial charge is 0.303 e. The van der Waals surface area contributed by atoms with Crippen molar-refractivity contribution in [2.75, 3.05) is 0 Å². The Morgan fingerprint density at radius 2 is 2.23 bits per heavy atom. The molecule has 0 fully saturated rings. The van der Waals surface area contributed by atoms with Gasteiger partial charge in [0.05, 0.1) is 11.9 Å². The Morgan fingerprint density at radius 3 is 2.92 bits per heavy atom. The average molecular weight is 175 g/mol. The Labute approximate surface area is 75.2 Å². The van der Waals surface area contributed by atoms with E-state index in [9.17, 15) is 4.79 Å². The van der Waals surface area contributed by atoms with Crippen LogP contribution in [0.3, 0.4) is 0 Å². The molecule has 2 aromatic rings. The quantitative estimate of drug-likeness (QED) is 0.612. The first kappa shape index (κ1) is 7.91. The van der Waals surface area contributed by atoms with Crippen LogP contribution < -0.4 is 0 Å². The molecule has 0 amide bonds. The van der Waals surface area contributed by atoms with Crippen LogP contribution >= 0.6 is 0 Å². The zero-order valence-corrected chi connectivity index (χ0v) is 7.48. The number of hydrogen-bond donors (Lipinski definition) is 0. The SMILES string of the molecule is CC(=O)c1cn2cc(C)nc2cn1. The van der Waals surface area contributed by atoms with E-state index in [0.717, 1.165) is 11.3 Å². The van der Waals surface area contributed by atoms with Crippen molar-refractivity contribution >= 4 is 11.4 Å². The lowest BCUT2D eigenvalue weighted by molar-refractivity contribution is 0.101. The van der Waals surface area contributed by atoms with Gasteiger partial charge in [-0.25, -0.2) is 9.97 Å². The molecule has 0 aromatic carbocycles. The standard InChI is InChI=1S/C9H9N3O/c1-6-4-12-5-8(7(2)13)10-3-9(12)11-6/h3-5H,1-2H3. The summed E-state index contributed by atoms with van der Waals surface area (Å²) in [7, 11) is 0. The third-order valence-corrected chi connectivity index (χ3v) is 1.82. The molecule has 0 aliphatic rings. The number of aryl methyl sites for hydroxylation is 1. The van der Waals surface area contributed by atoms with Crippen LogP contribution in [-0.2, 0) is 0 Å². The molecule has 0 aliphatic carbocycles.